The summed E-state index contributed by atoms with van der Waals surface area (Å²) in [5, 5.41) is 10.4. The van der Waals surface area contributed by atoms with Gasteiger partial charge in [0.15, 0.2) is 5.76 Å². The van der Waals surface area contributed by atoms with Gasteiger partial charge in [0.1, 0.15) is 6.23 Å². The second-order valence-electron chi connectivity index (χ2n) is 9.12. The number of nitrogens with zero attached hydrogens (tertiary/aromatic N) is 2. The first kappa shape index (κ1) is 21.0. The third-order valence-corrected chi connectivity index (χ3v) is 6.40. The maximum atomic E-state index is 13.2. The number of amides is 1. The van der Waals surface area contributed by atoms with Gasteiger partial charge in [0.25, 0.3) is 5.91 Å². The average Bonchev–Trinajstić information content (AvgIpc) is 3.26. The second-order valence-corrected chi connectivity index (χ2v) is 9.12. The number of carbonyl (C=O) groups is 1. The Kier molecular flexibility index (Phi) is 5.00. The van der Waals surface area contributed by atoms with Gasteiger partial charge in [-0.3, -0.25) is 4.79 Å². The number of hydrogen-bond acceptors (Lipinski definition) is 6. The molecular formula is C22H29BN2O5. The zero-order valence-corrected chi connectivity index (χ0v) is 18.4. The molecule has 0 aliphatic carbocycles. The molecule has 8 heteroatoms. The lowest BCUT2D eigenvalue weighted by atomic mass is 9.78. The molecule has 4 rings (SSSR count). The van der Waals surface area contributed by atoms with Gasteiger partial charge in [-0.15, -0.1) is 0 Å². The van der Waals surface area contributed by atoms with Crippen LogP contribution in [0.1, 0.15) is 52.1 Å². The topological polar surface area (TPSA) is 75.4 Å². The lowest BCUT2D eigenvalue weighted by Gasteiger charge is -2.43. The summed E-state index contributed by atoms with van der Waals surface area (Å²) in [5.41, 5.74) is 1.38. The highest BCUT2D eigenvalue weighted by molar-refractivity contribution is 6.62. The highest BCUT2D eigenvalue weighted by Crippen LogP contribution is 2.39. The summed E-state index contributed by atoms with van der Waals surface area (Å²) in [6.45, 7) is 12.2. The molecule has 160 valence electrons. The summed E-state index contributed by atoms with van der Waals surface area (Å²) in [4.78, 5) is 16.8. The number of aliphatic hydroxyl groups is 1. The van der Waals surface area contributed by atoms with Crippen LogP contribution in [0, 0.1) is 0 Å². The van der Waals surface area contributed by atoms with Crippen LogP contribution >= 0.6 is 0 Å². The van der Waals surface area contributed by atoms with Crippen molar-refractivity contribution in [2.45, 2.75) is 65.0 Å². The van der Waals surface area contributed by atoms with E-state index >= 15 is 0 Å². The molecule has 0 saturated carbocycles. The van der Waals surface area contributed by atoms with Crippen LogP contribution in [0.15, 0.2) is 41.0 Å². The van der Waals surface area contributed by atoms with Crippen LogP contribution in [0.25, 0.3) is 0 Å². The van der Waals surface area contributed by atoms with Crippen molar-refractivity contribution in [3.05, 3.63) is 42.4 Å². The maximum absolute atomic E-state index is 13.2. The fourth-order valence-electron chi connectivity index (χ4n) is 4.08. The van der Waals surface area contributed by atoms with Crippen molar-refractivity contribution in [1.82, 2.24) is 0 Å². The van der Waals surface area contributed by atoms with Crippen LogP contribution in [-0.4, -0.2) is 48.1 Å². The largest absolute Gasteiger partial charge is 0.494 e. The molecule has 0 spiro atoms. The van der Waals surface area contributed by atoms with Crippen LogP contribution in [0.5, 0.6) is 0 Å². The molecule has 0 radical (unpaired) electrons. The van der Waals surface area contributed by atoms with Gasteiger partial charge in [-0.05, 0) is 71.3 Å². The van der Waals surface area contributed by atoms with Gasteiger partial charge in [-0.1, -0.05) is 6.07 Å². The van der Waals surface area contributed by atoms with Crippen molar-refractivity contribution in [3.8, 4) is 0 Å². The molecule has 1 saturated heterocycles. The van der Waals surface area contributed by atoms with E-state index in [0.29, 0.717) is 12.2 Å². The zero-order valence-electron chi connectivity index (χ0n) is 18.4. The Labute approximate surface area is 177 Å². The smallest absolute Gasteiger partial charge is 0.459 e. The molecule has 1 aromatic carbocycles. The number of carbonyl (C=O) groups excluding carboxylic acids is 1. The first-order valence-corrected chi connectivity index (χ1v) is 10.3. The third-order valence-electron chi connectivity index (χ3n) is 6.40. The molecule has 2 aliphatic heterocycles. The van der Waals surface area contributed by atoms with Crippen molar-refractivity contribution in [2.75, 3.05) is 16.3 Å². The minimum absolute atomic E-state index is 0.0703. The van der Waals surface area contributed by atoms with Crippen LogP contribution in [0.2, 0.25) is 0 Å². The lowest BCUT2D eigenvalue weighted by Crippen LogP contribution is -2.53. The van der Waals surface area contributed by atoms with Gasteiger partial charge in [0, 0.05) is 12.6 Å². The van der Waals surface area contributed by atoms with E-state index in [2.05, 4.69) is 0 Å². The molecule has 30 heavy (non-hydrogen) atoms. The van der Waals surface area contributed by atoms with E-state index in [1.165, 1.54) is 6.26 Å². The average molecular weight is 412 g/mol. The molecule has 1 fully saturated rings. The summed E-state index contributed by atoms with van der Waals surface area (Å²) in [5.74, 6) is 0.0593. The van der Waals surface area contributed by atoms with Gasteiger partial charge < -0.3 is 28.6 Å². The highest BCUT2D eigenvalue weighted by Gasteiger charge is 2.52. The van der Waals surface area contributed by atoms with Crippen LogP contribution in [-0.2, 0) is 9.31 Å². The van der Waals surface area contributed by atoms with Crippen molar-refractivity contribution < 1.29 is 23.6 Å². The Hall–Kier alpha value is -2.29. The number of anilines is 2. The maximum Gasteiger partial charge on any atom is 0.494 e. The molecule has 2 aliphatic rings. The normalized spacial score (nSPS) is 23.4. The van der Waals surface area contributed by atoms with Crippen molar-refractivity contribution in [3.63, 3.8) is 0 Å². The fourth-order valence-corrected chi connectivity index (χ4v) is 4.08. The Morgan fingerprint density at radius 3 is 2.40 bits per heavy atom. The Bertz CT molecular complexity index is 925. The highest BCUT2D eigenvalue weighted by atomic mass is 16.7. The predicted octanol–water partition coefficient (Wildman–Crippen LogP) is 2.77. The van der Waals surface area contributed by atoms with Gasteiger partial charge in [-0.2, -0.15) is 0 Å². The Balaban J connectivity index is 1.77. The zero-order chi connectivity index (χ0) is 21.8. The molecule has 2 atom stereocenters. The Morgan fingerprint density at radius 1 is 1.17 bits per heavy atom. The van der Waals surface area contributed by atoms with Crippen LogP contribution < -0.4 is 15.3 Å². The van der Waals surface area contributed by atoms with Gasteiger partial charge in [0.2, 0.25) is 0 Å². The van der Waals surface area contributed by atoms with Crippen molar-refractivity contribution in [2.24, 2.45) is 0 Å². The number of hydrogen-bond donors (Lipinski definition) is 1. The summed E-state index contributed by atoms with van der Waals surface area (Å²) in [6, 6.07) is 9.05. The molecule has 1 N–H and O–H groups in total. The fraction of sp³-hybridized carbons (Fsp3) is 0.500. The van der Waals surface area contributed by atoms with Crippen molar-refractivity contribution in [1.29, 1.82) is 0 Å². The lowest BCUT2D eigenvalue weighted by molar-refractivity contribution is 0.00578. The minimum Gasteiger partial charge on any atom is -0.459 e. The van der Waals surface area contributed by atoms with E-state index < -0.39 is 24.5 Å². The van der Waals surface area contributed by atoms with E-state index in [4.69, 9.17) is 13.7 Å². The number of benzene rings is 1. The van der Waals surface area contributed by atoms with E-state index in [-0.39, 0.29) is 17.7 Å². The number of aliphatic hydroxyl groups excluding tert-OH is 1. The van der Waals surface area contributed by atoms with Gasteiger partial charge in [-0.25, -0.2) is 0 Å². The molecule has 2 aromatic rings. The summed E-state index contributed by atoms with van der Waals surface area (Å²) >= 11 is 0. The SMILES string of the molecule is CC(O)N1c2ccc(B3OC(C)(C)C(C)(C)O3)cc2N(C(=O)c2ccco2)C[C@@H]1C. The number of furan rings is 1. The molecule has 3 heterocycles. The number of rotatable bonds is 3. The molecule has 1 amide bonds. The van der Waals surface area contributed by atoms with E-state index in [1.54, 1.807) is 24.0 Å². The molecule has 1 unspecified atom stereocenters. The minimum atomic E-state index is -0.692. The first-order chi connectivity index (χ1) is 14.0. The summed E-state index contributed by atoms with van der Waals surface area (Å²) in [7, 11) is -0.541. The monoisotopic (exact) mass is 412 g/mol. The second kappa shape index (κ2) is 7.15. The number of fused-ring (bicyclic) bond motifs is 1. The van der Waals surface area contributed by atoms with Crippen LogP contribution in [0.3, 0.4) is 0 Å². The Morgan fingerprint density at radius 2 is 1.83 bits per heavy atom. The van der Waals surface area contributed by atoms with Gasteiger partial charge >= 0.3 is 7.12 Å². The summed E-state index contributed by atoms with van der Waals surface area (Å²) < 4.78 is 17.7. The standard InChI is InChI=1S/C22H29BN2O5/c1-14-13-24(20(27)19-8-7-11-28-19)18-12-16(9-10-17(18)25(14)15(2)26)23-29-21(3,4)22(5,6)30-23/h7-12,14-15,26H,13H2,1-6H3/t14-,15?/m0/s1. The quantitative estimate of drug-likeness (QED) is 0.782. The van der Waals surface area contributed by atoms with E-state index in [0.717, 1.165) is 11.2 Å². The first-order valence-electron chi connectivity index (χ1n) is 10.3. The third kappa shape index (κ3) is 3.33. The predicted molar refractivity (Wildman–Crippen MR) is 116 cm³/mol. The molecule has 0 bridgehead atoms. The summed E-state index contributed by atoms with van der Waals surface area (Å²) in [6.07, 6.45) is 0.798. The molecule has 7 nitrogen and oxygen atoms in total. The van der Waals surface area contributed by atoms with E-state index in [9.17, 15) is 9.90 Å². The van der Waals surface area contributed by atoms with Crippen molar-refractivity contribution >= 4 is 29.9 Å². The molecular weight excluding hydrogens is 383 g/mol. The van der Waals surface area contributed by atoms with Gasteiger partial charge in [0.05, 0.1) is 28.8 Å². The van der Waals surface area contributed by atoms with Crippen LogP contribution in [0.4, 0.5) is 11.4 Å². The molecule has 1 aromatic heterocycles. The van der Waals surface area contributed by atoms with E-state index in [1.807, 2.05) is 57.7 Å².